The zero-order valence-electron chi connectivity index (χ0n) is 12.6. The van der Waals surface area contributed by atoms with Gasteiger partial charge in [-0.25, -0.2) is 0 Å². The average Bonchev–Trinajstić information content (AvgIpc) is 2.39. The molecule has 0 aromatic carbocycles. The Labute approximate surface area is 116 Å². The van der Waals surface area contributed by atoms with Crippen LogP contribution >= 0.6 is 0 Å². The van der Waals surface area contributed by atoms with Crippen LogP contribution in [0, 0.1) is 0 Å². The van der Waals surface area contributed by atoms with Gasteiger partial charge in [0.25, 0.3) is 0 Å². The van der Waals surface area contributed by atoms with Gasteiger partial charge in [-0.2, -0.15) is 0 Å². The zero-order chi connectivity index (χ0) is 14.7. The lowest BCUT2D eigenvalue weighted by molar-refractivity contribution is -0.121. The van der Waals surface area contributed by atoms with Gasteiger partial charge in [0.1, 0.15) is 0 Å². The van der Waals surface area contributed by atoms with E-state index in [1.807, 2.05) is 13.8 Å². The van der Waals surface area contributed by atoms with Crippen molar-refractivity contribution in [2.45, 2.75) is 64.8 Å². The fraction of sp³-hybridized carbons (Fsp3) is 0.857. The van der Waals surface area contributed by atoms with Crippen molar-refractivity contribution in [1.82, 2.24) is 10.6 Å². The maximum atomic E-state index is 11.6. The fourth-order valence-corrected chi connectivity index (χ4v) is 1.71. The van der Waals surface area contributed by atoms with Crippen LogP contribution in [-0.4, -0.2) is 30.4 Å². The first-order valence-electron chi connectivity index (χ1n) is 7.23. The van der Waals surface area contributed by atoms with Crippen LogP contribution in [0.25, 0.3) is 0 Å². The Morgan fingerprint density at radius 2 is 1.68 bits per heavy atom. The lowest BCUT2D eigenvalue weighted by atomic mass is 9.94. The molecule has 112 valence electrons. The second kappa shape index (κ2) is 9.78. The molecule has 0 aliphatic rings. The molecule has 0 aromatic rings. The number of nitrogens with one attached hydrogen (secondary N) is 2. The predicted molar refractivity (Wildman–Crippen MR) is 77.7 cm³/mol. The van der Waals surface area contributed by atoms with Crippen LogP contribution in [0.15, 0.2) is 0 Å². The first-order valence-corrected chi connectivity index (χ1v) is 7.23. The second-order valence-electron chi connectivity index (χ2n) is 5.14. The number of amides is 2. The molecule has 0 saturated carbocycles. The monoisotopic (exact) mass is 271 g/mol. The van der Waals surface area contributed by atoms with Gasteiger partial charge in [0.05, 0.1) is 0 Å². The topological polar surface area (TPSA) is 84.2 Å². The van der Waals surface area contributed by atoms with E-state index >= 15 is 0 Å². The number of nitrogens with two attached hydrogens (primary N) is 1. The van der Waals surface area contributed by atoms with Crippen LogP contribution in [0.1, 0.15) is 59.3 Å². The van der Waals surface area contributed by atoms with Crippen LogP contribution < -0.4 is 16.4 Å². The molecule has 0 saturated heterocycles. The smallest absolute Gasteiger partial charge is 0.220 e. The van der Waals surface area contributed by atoms with Gasteiger partial charge in [-0.3, -0.25) is 9.59 Å². The van der Waals surface area contributed by atoms with Gasteiger partial charge in [-0.05, 0) is 25.7 Å². The van der Waals surface area contributed by atoms with E-state index in [1.54, 1.807) is 0 Å². The van der Waals surface area contributed by atoms with Crippen LogP contribution in [-0.2, 0) is 9.59 Å². The summed E-state index contributed by atoms with van der Waals surface area (Å²) < 4.78 is 0. The third kappa shape index (κ3) is 9.47. The molecular weight excluding hydrogens is 242 g/mol. The van der Waals surface area contributed by atoms with Gasteiger partial charge in [-0.1, -0.05) is 20.3 Å². The molecule has 0 unspecified atom stereocenters. The summed E-state index contributed by atoms with van der Waals surface area (Å²) >= 11 is 0. The number of unbranched alkanes of at least 4 members (excludes halogenated alkanes) is 2. The minimum Gasteiger partial charge on any atom is -0.356 e. The molecule has 0 aliphatic heterocycles. The highest BCUT2D eigenvalue weighted by atomic mass is 16.2. The van der Waals surface area contributed by atoms with Gasteiger partial charge in [0.15, 0.2) is 0 Å². The van der Waals surface area contributed by atoms with Gasteiger partial charge >= 0.3 is 0 Å². The first-order chi connectivity index (χ1) is 8.93. The SMILES string of the molecule is CCC(N)(CC)CNC(=O)CCCCCNC(C)=O. The molecule has 0 bridgehead atoms. The fourth-order valence-electron chi connectivity index (χ4n) is 1.71. The highest BCUT2D eigenvalue weighted by molar-refractivity contribution is 5.75. The summed E-state index contributed by atoms with van der Waals surface area (Å²) in [6, 6.07) is 0. The summed E-state index contributed by atoms with van der Waals surface area (Å²) in [5.74, 6) is 0.0624. The Morgan fingerprint density at radius 1 is 1.05 bits per heavy atom. The van der Waals surface area contributed by atoms with Gasteiger partial charge in [0, 0.05) is 32.0 Å². The normalized spacial score (nSPS) is 11.2. The van der Waals surface area contributed by atoms with E-state index in [0.29, 0.717) is 19.5 Å². The molecule has 19 heavy (non-hydrogen) atoms. The van der Waals surface area contributed by atoms with E-state index in [4.69, 9.17) is 5.73 Å². The van der Waals surface area contributed by atoms with Crippen molar-refractivity contribution in [2.75, 3.05) is 13.1 Å². The third-order valence-corrected chi connectivity index (χ3v) is 3.50. The van der Waals surface area contributed by atoms with E-state index in [1.165, 1.54) is 6.92 Å². The van der Waals surface area contributed by atoms with Crippen LogP contribution in [0.5, 0.6) is 0 Å². The van der Waals surface area contributed by atoms with Crippen molar-refractivity contribution in [2.24, 2.45) is 5.73 Å². The molecule has 0 heterocycles. The highest BCUT2D eigenvalue weighted by Gasteiger charge is 2.20. The van der Waals surface area contributed by atoms with E-state index < -0.39 is 0 Å². The molecule has 4 N–H and O–H groups in total. The quantitative estimate of drug-likeness (QED) is 0.524. The summed E-state index contributed by atoms with van der Waals surface area (Å²) in [6.07, 6.45) is 4.96. The molecule has 5 heteroatoms. The van der Waals surface area contributed by atoms with Crippen molar-refractivity contribution in [3.05, 3.63) is 0 Å². The minimum atomic E-state index is -0.277. The maximum Gasteiger partial charge on any atom is 0.220 e. The Kier molecular flexibility index (Phi) is 9.21. The standard InChI is InChI=1S/C14H29N3O2/c1-4-14(15,5-2)11-17-13(19)9-7-6-8-10-16-12(3)18/h4-11,15H2,1-3H3,(H,16,18)(H,17,19). The zero-order valence-corrected chi connectivity index (χ0v) is 12.6. The molecule has 0 aromatic heterocycles. The predicted octanol–water partition coefficient (Wildman–Crippen LogP) is 1.32. The summed E-state index contributed by atoms with van der Waals surface area (Å²) in [5, 5.41) is 5.64. The molecule has 0 aliphatic carbocycles. The van der Waals surface area contributed by atoms with Crippen molar-refractivity contribution in [1.29, 1.82) is 0 Å². The summed E-state index contributed by atoms with van der Waals surface area (Å²) in [6.45, 7) is 6.82. The molecular formula is C14H29N3O2. The minimum absolute atomic E-state index is 0.00356. The van der Waals surface area contributed by atoms with Crippen molar-refractivity contribution in [3.63, 3.8) is 0 Å². The highest BCUT2D eigenvalue weighted by Crippen LogP contribution is 2.09. The van der Waals surface area contributed by atoms with E-state index in [2.05, 4.69) is 10.6 Å². The van der Waals surface area contributed by atoms with Crippen molar-refractivity contribution >= 4 is 11.8 Å². The third-order valence-electron chi connectivity index (χ3n) is 3.50. The van der Waals surface area contributed by atoms with Gasteiger partial charge in [-0.15, -0.1) is 0 Å². The second-order valence-corrected chi connectivity index (χ2v) is 5.14. The van der Waals surface area contributed by atoms with Crippen molar-refractivity contribution in [3.8, 4) is 0 Å². The van der Waals surface area contributed by atoms with E-state index in [0.717, 1.165) is 32.1 Å². The number of rotatable bonds is 10. The molecule has 0 fully saturated rings. The van der Waals surface area contributed by atoms with Crippen molar-refractivity contribution < 1.29 is 9.59 Å². The van der Waals surface area contributed by atoms with Crippen LogP contribution in [0.3, 0.4) is 0 Å². The average molecular weight is 271 g/mol. The molecule has 2 amide bonds. The lowest BCUT2D eigenvalue weighted by Gasteiger charge is -2.26. The molecule has 5 nitrogen and oxygen atoms in total. The van der Waals surface area contributed by atoms with E-state index in [9.17, 15) is 9.59 Å². The molecule has 0 rings (SSSR count). The number of carbonyl (C=O) groups excluding carboxylic acids is 2. The summed E-state index contributed by atoms with van der Waals surface area (Å²) in [5.41, 5.74) is 5.84. The molecule has 0 spiro atoms. The Balaban J connectivity index is 3.57. The van der Waals surface area contributed by atoms with Crippen LogP contribution in [0.2, 0.25) is 0 Å². The largest absolute Gasteiger partial charge is 0.356 e. The summed E-state index contributed by atoms with van der Waals surface area (Å²) in [7, 11) is 0. The van der Waals surface area contributed by atoms with E-state index in [-0.39, 0.29) is 17.4 Å². The first kappa shape index (κ1) is 17.9. The summed E-state index contributed by atoms with van der Waals surface area (Å²) in [4.78, 5) is 22.3. The van der Waals surface area contributed by atoms with Gasteiger partial charge < -0.3 is 16.4 Å². The Morgan fingerprint density at radius 3 is 2.21 bits per heavy atom. The lowest BCUT2D eigenvalue weighted by Crippen LogP contribution is -2.49. The number of hydrogen-bond acceptors (Lipinski definition) is 3. The Hall–Kier alpha value is -1.10. The Bertz CT molecular complexity index is 276. The molecule has 0 radical (unpaired) electrons. The number of carbonyl (C=O) groups is 2. The number of hydrogen-bond donors (Lipinski definition) is 3. The molecule has 0 atom stereocenters. The van der Waals surface area contributed by atoms with Gasteiger partial charge in [0.2, 0.25) is 11.8 Å². The van der Waals surface area contributed by atoms with Crippen LogP contribution in [0.4, 0.5) is 0 Å². The maximum absolute atomic E-state index is 11.6.